The van der Waals surface area contributed by atoms with Crippen molar-refractivity contribution in [2.45, 2.75) is 44.9 Å². The number of likely N-dealkylation sites (tertiary alicyclic amines) is 1. The number of hydrogen-bond acceptors (Lipinski definition) is 4. The van der Waals surface area contributed by atoms with Crippen molar-refractivity contribution in [3.8, 4) is 5.75 Å². The van der Waals surface area contributed by atoms with Gasteiger partial charge in [0, 0.05) is 19.1 Å². The molecular weight excluding hydrogens is 410 g/mol. The van der Waals surface area contributed by atoms with Gasteiger partial charge in [-0.25, -0.2) is 4.79 Å². The molecule has 0 bridgehead atoms. The summed E-state index contributed by atoms with van der Waals surface area (Å²) in [6.45, 7) is 6.23. The molecule has 4 rings (SSSR count). The lowest BCUT2D eigenvalue weighted by atomic mass is 9.98. The van der Waals surface area contributed by atoms with E-state index in [1.807, 2.05) is 66.4 Å². The lowest BCUT2D eigenvalue weighted by molar-refractivity contribution is 0.120. The van der Waals surface area contributed by atoms with E-state index in [0.717, 1.165) is 42.9 Å². The number of carbonyl (C=O) groups is 1. The summed E-state index contributed by atoms with van der Waals surface area (Å²) < 4.78 is 11.4. The lowest BCUT2D eigenvalue weighted by Gasteiger charge is -2.38. The van der Waals surface area contributed by atoms with Crippen LogP contribution in [0.2, 0.25) is 0 Å². The fourth-order valence-corrected chi connectivity index (χ4v) is 4.74. The van der Waals surface area contributed by atoms with Crippen LogP contribution in [0.5, 0.6) is 5.75 Å². The minimum absolute atomic E-state index is 0.00889. The van der Waals surface area contributed by atoms with E-state index in [-0.39, 0.29) is 24.3 Å². The number of anilines is 1. The number of cyclic esters (lactones) is 1. The zero-order chi connectivity index (χ0) is 21.8. The molecule has 164 valence electrons. The van der Waals surface area contributed by atoms with Crippen LogP contribution in [-0.4, -0.2) is 52.8 Å². The third-order valence-electron chi connectivity index (χ3n) is 6.02. The van der Waals surface area contributed by atoms with Crippen molar-refractivity contribution in [3.05, 3.63) is 60.2 Å². The topological polar surface area (TPSA) is 54.0 Å². The van der Waals surface area contributed by atoms with Gasteiger partial charge in [-0.2, -0.15) is 0 Å². The van der Waals surface area contributed by atoms with Crippen molar-refractivity contribution in [3.63, 3.8) is 0 Å². The second-order valence-corrected chi connectivity index (χ2v) is 8.33. The maximum atomic E-state index is 12.7. The van der Waals surface area contributed by atoms with Crippen LogP contribution in [0, 0.1) is 0 Å². The zero-order valence-corrected chi connectivity index (χ0v) is 18.8. The first-order chi connectivity index (χ1) is 15.1. The van der Waals surface area contributed by atoms with Gasteiger partial charge in [-0.05, 0) is 56.6 Å². The van der Waals surface area contributed by atoms with E-state index in [1.54, 1.807) is 0 Å². The Labute approximate surface area is 189 Å². The first-order valence-electron chi connectivity index (χ1n) is 10.9. The fourth-order valence-electron chi connectivity index (χ4n) is 4.44. The molecule has 1 N–H and O–H groups in total. The SMILES string of the molecule is CCOc1ccccc1NC(=S)N1CCC(N2C(=O)OC(c3ccccc3)C2C)CC1. The lowest BCUT2D eigenvalue weighted by Crippen LogP contribution is -2.50. The predicted octanol–water partition coefficient (Wildman–Crippen LogP) is 4.83. The summed E-state index contributed by atoms with van der Waals surface area (Å²) in [5.74, 6) is 0.794. The number of nitrogens with zero attached hydrogens (tertiary/aromatic N) is 2. The normalized spacial score (nSPS) is 21.7. The van der Waals surface area contributed by atoms with Crippen molar-refractivity contribution < 1.29 is 14.3 Å². The highest BCUT2D eigenvalue weighted by atomic mass is 32.1. The van der Waals surface area contributed by atoms with Gasteiger partial charge in [0.05, 0.1) is 18.3 Å². The minimum Gasteiger partial charge on any atom is -0.492 e. The molecule has 2 aliphatic rings. The number of hydrogen-bond donors (Lipinski definition) is 1. The molecule has 0 spiro atoms. The molecular formula is C24H29N3O3S. The van der Waals surface area contributed by atoms with Crippen molar-refractivity contribution in [1.82, 2.24) is 9.80 Å². The molecule has 2 aliphatic heterocycles. The van der Waals surface area contributed by atoms with Crippen LogP contribution in [-0.2, 0) is 4.74 Å². The second kappa shape index (κ2) is 9.56. The van der Waals surface area contributed by atoms with E-state index in [9.17, 15) is 4.79 Å². The third-order valence-corrected chi connectivity index (χ3v) is 6.38. The van der Waals surface area contributed by atoms with Gasteiger partial charge in [-0.3, -0.25) is 4.90 Å². The molecule has 2 unspecified atom stereocenters. The highest BCUT2D eigenvalue weighted by molar-refractivity contribution is 7.80. The van der Waals surface area contributed by atoms with Crippen LogP contribution in [0.4, 0.5) is 10.5 Å². The Morgan fingerprint density at radius 3 is 2.52 bits per heavy atom. The Hall–Kier alpha value is -2.80. The number of ether oxygens (including phenoxy) is 2. The molecule has 2 atom stereocenters. The molecule has 2 fully saturated rings. The summed E-state index contributed by atoms with van der Waals surface area (Å²) in [6.07, 6.45) is 1.28. The van der Waals surface area contributed by atoms with Gasteiger partial charge in [0.1, 0.15) is 11.9 Å². The smallest absolute Gasteiger partial charge is 0.411 e. The predicted molar refractivity (Wildman–Crippen MR) is 125 cm³/mol. The Bertz CT molecular complexity index is 915. The third kappa shape index (κ3) is 4.61. The molecule has 2 aromatic rings. The van der Waals surface area contributed by atoms with Crippen LogP contribution in [0.15, 0.2) is 54.6 Å². The van der Waals surface area contributed by atoms with Gasteiger partial charge >= 0.3 is 6.09 Å². The van der Waals surface area contributed by atoms with E-state index in [2.05, 4.69) is 17.1 Å². The van der Waals surface area contributed by atoms with E-state index >= 15 is 0 Å². The molecule has 0 saturated carbocycles. The molecule has 2 aromatic carbocycles. The van der Waals surface area contributed by atoms with Crippen LogP contribution >= 0.6 is 12.2 Å². The maximum Gasteiger partial charge on any atom is 0.411 e. The number of amides is 1. The molecule has 0 aliphatic carbocycles. The molecule has 1 amide bonds. The van der Waals surface area contributed by atoms with E-state index in [1.165, 1.54) is 0 Å². The Morgan fingerprint density at radius 2 is 1.81 bits per heavy atom. The first kappa shape index (κ1) is 21.4. The van der Waals surface area contributed by atoms with E-state index in [0.29, 0.717) is 11.7 Å². The average Bonchev–Trinajstić information content (AvgIpc) is 3.10. The van der Waals surface area contributed by atoms with E-state index < -0.39 is 0 Å². The monoisotopic (exact) mass is 439 g/mol. The van der Waals surface area contributed by atoms with Crippen LogP contribution < -0.4 is 10.1 Å². The fraction of sp³-hybridized carbons (Fsp3) is 0.417. The molecule has 31 heavy (non-hydrogen) atoms. The summed E-state index contributed by atoms with van der Waals surface area (Å²) in [6, 6.07) is 18.0. The summed E-state index contributed by atoms with van der Waals surface area (Å²) in [5.41, 5.74) is 1.92. The molecule has 0 radical (unpaired) electrons. The molecule has 2 heterocycles. The van der Waals surface area contributed by atoms with Gasteiger partial charge in [0.2, 0.25) is 0 Å². The highest BCUT2D eigenvalue weighted by Crippen LogP contribution is 2.36. The first-order valence-corrected chi connectivity index (χ1v) is 11.3. The quantitative estimate of drug-likeness (QED) is 0.674. The molecule has 6 nitrogen and oxygen atoms in total. The van der Waals surface area contributed by atoms with E-state index in [4.69, 9.17) is 21.7 Å². The molecule has 7 heteroatoms. The molecule has 0 aromatic heterocycles. The molecule has 2 saturated heterocycles. The van der Waals surface area contributed by atoms with Crippen LogP contribution in [0.25, 0.3) is 0 Å². The number of benzene rings is 2. The average molecular weight is 440 g/mol. The Balaban J connectivity index is 1.35. The van der Waals surface area contributed by atoms with Gasteiger partial charge < -0.3 is 19.7 Å². The number of nitrogens with one attached hydrogen (secondary N) is 1. The number of rotatable bonds is 5. The zero-order valence-electron chi connectivity index (χ0n) is 18.0. The van der Waals surface area contributed by atoms with Crippen LogP contribution in [0.1, 0.15) is 38.4 Å². The highest BCUT2D eigenvalue weighted by Gasteiger charge is 2.44. The Morgan fingerprint density at radius 1 is 1.13 bits per heavy atom. The number of piperidine rings is 1. The van der Waals surface area contributed by atoms with Crippen molar-refractivity contribution in [1.29, 1.82) is 0 Å². The van der Waals surface area contributed by atoms with Gasteiger partial charge in [-0.15, -0.1) is 0 Å². The maximum absolute atomic E-state index is 12.7. The number of thiocarbonyl (C=S) groups is 1. The van der Waals surface area contributed by atoms with Crippen molar-refractivity contribution in [2.75, 3.05) is 25.0 Å². The summed E-state index contributed by atoms with van der Waals surface area (Å²) in [5, 5.41) is 4.01. The number of para-hydroxylation sites is 2. The summed E-state index contributed by atoms with van der Waals surface area (Å²) >= 11 is 5.66. The summed E-state index contributed by atoms with van der Waals surface area (Å²) in [7, 11) is 0. The van der Waals surface area contributed by atoms with Crippen LogP contribution in [0.3, 0.4) is 0 Å². The van der Waals surface area contributed by atoms with Crippen molar-refractivity contribution in [2.24, 2.45) is 0 Å². The standard InChI is InChI=1S/C24H29N3O3S/c1-3-29-21-12-8-7-11-20(21)25-23(31)26-15-13-19(14-16-26)27-17(2)22(30-24(27)28)18-9-5-4-6-10-18/h4-12,17,19,22H,3,13-16H2,1-2H3,(H,25,31). The largest absolute Gasteiger partial charge is 0.492 e. The minimum atomic E-state index is -0.218. The Kier molecular flexibility index (Phi) is 6.61. The van der Waals surface area contributed by atoms with Gasteiger partial charge in [0.25, 0.3) is 0 Å². The van der Waals surface area contributed by atoms with Gasteiger partial charge in [-0.1, -0.05) is 42.5 Å². The van der Waals surface area contributed by atoms with Crippen molar-refractivity contribution >= 4 is 29.1 Å². The van der Waals surface area contributed by atoms with Gasteiger partial charge in [0.15, 0.2) is 5.11 Å². The summed E-state index contributed by atoms with van der Waals surface area (Å²) in [4.78, 5) is 16.7. The second-order valence-electron chi connectivity index (χ2n) is 7.94. The number of carbonyl (C=O) groups excluding carboxylic acids is 1.